The fraction of sp³-hybridized carbons (Fsp3) is 0.375. The average molecular weight is 184 g/mol. The minimum atomic E-state index is 0.395. The van der Waals surface area contributed by atoms with E-state index in [0.29, 0.717) is 19.6 Å². The molecule has 4 N–H and O–H groups in total. The molecule has 0 saturated carbocycles. The average Bonchev–Trinajstić information content (AvgIpc) is 2.17. The Kier molecular flexibility index (Phi) is 4.34. The Bertz CT molecular complexity index is 255. The highest BCUT2D eigenvalue weighted by Crippen LogP contribution is 1.89. The van der Waals surface area contributed by atoms with Crippen molar-refractivity contribution in [3.8, 4) is 0 Å². The van der Waals surface area contributed by atoms with Gasteiger partial charge in [0.15, 0.2) is 18.4 Å². The quantitative estimate of drug-likeness (QED) is 0.365. The van der Waals surface area contributed by atoms with Crippen LogP contribution in [-0.4, -0.2) is 17.0 Å². The molecular weight excluding hydrogens is 170 g/mol. The van der Waals surface area contributed by atoms with Crippen LogP contribution in [0, 0.1) is 0 Å². The molecule has 1 aromatic rings. The van der Waals surface area contributed by atoms with Gasteiger partial charge in [-0.1, -0.05) is 6.07 Å². The van der Waals surface area contributed by atoms with E-state index in [2.05, 4.69) is 11.0 Å². The van der Waals surface area contributed by atoms with Gasteiger partial charge in [-0.3, -0.25) is 0 Å². The zero-order valence-corrected chi connectivity index (χ0v) is 7.27. The SMILES string of the molecule is ONCC[n+]1ccccc1CNO. The van der Waals surface area contributed by atoms with Crippen LogP contribution in [0.25, 0.3) is 0 Å². The van der Waals surface area contributed by atoms with Gasteiger partial charge in [0, 0.05) is 12.1 Å². The summed E-state index contributed by atoms with van der Waals surface area (Å²) >= 11 is 0. The van der Waals surface area contributed by atoms with Gasteiger partial charge >= 0.3 is 0 Å². The first-order valence-electron chi connectivity index (χ1n) is 4.09. The Balaban J connectivity index is 2.66. The van der Waals surface area contributed by atoms with E-state index >= 15 is 0 Å². The molecule has 0 atom stereocenters. The summed E-state index contributed by atoms with van der Waals surface area (Å²) in [4.78, 5) is 0. The van der Waals surface area contributed by atoms with Gasteiger partial charge < -0.3 is 10.4 Å². The maximum absolute atomic E-state index is 8.54. The molecule has 0 aromatic carbocycles. The Hall–Kier alpha value is -1.01. The van der Waals surface area contributed by atoms with Crippen LogP contribution in [0.15, 0.2) is 24.4 Å². The van der Waals surface area contributed by atoms with Gasteiger partial charge in [0.25, 0.3) is 0 Å². The summed E-state index contributed by atoms with van der Waals surface area (Å²) in [5.41, 5.74) is 5.14. The fourth-order valence-electron chi connectivity index (χ4n) is 1.14. The summed E-state index contributed by atoms with van der Waals surface area (Å²) in [6.07, 6.45) is 1.89. The normalized spacial score (nSPS) is 10.3. The summed E-state index contributed by atoms with van der Waals surface area (Å²) in [7, 11) is 0. The maximum atomic E-state index is 8.54. The molecule has 0 spiro atoms. The van der Waals surface area contributed by atoms with Crippen molar-refractivity contribution >= 4 is 0 Å². The molecule has 0 unspecified atom stereocenters. The van der Waals surface area contributed by atoms with Crippen molar-refractivity contribution in [2.75, 3.05) is 6.54 Å². The number of hydrogen-bond acceptors (Lipinski definition) is 4. The molecule has 5 heteroatoms. The minimum Gasteiger partial charge on any atom is -0.317 e. The number of nitrogens with one attached hydrogen (secondary N) is 2. The van der Waals surface area contributed by atoms with Crippen LogP contribution in [0.5, 0.6) is 0 Å². The molecule has 13 heavy (non-hydrogen) atoms. The molecule has 5 nitrogen and oxygen atoms in total. The van der Waals surface area contributed by atoms with Gasteiger partial charge in [-0.15, -0.1) is 0 Å². The first-order chi connectivity index (χ1) is 6.38. The predicted molar refractivity (Wildman–Crippen MR) is 45.1 cm³/mol. The molecular formula is C8H14N3O2+. The van der Waals surface area contributed by atoms with Crippen LogP contribution in [0.1, 0.15) is 5.69 Å². The molecule has 0 saturated heterocycles. The van der Waals surface area contributed by atoms with Crippen LogP contribution in [-0.2, 0) is 13.1 Å². The first kappa shape index (κ1) is 10.1. The Labute approximate surface area is 76.6 Å². The molecule has 0 aliphatic rings. The monoisotopic (exact) mass is 184 g/mol. The second kappa shape index (κ2) is 5.60. The third-order valence-corrected chi connectivity index (χ3v) is 1.76. The third kappa shape index (κ3) is 3.08. The highest BCUT2D eigenvalue weighted by molar-refractivity contribution is 4.96. The number of pyridine rings is 1. The van der Waals surface area contributed by atoms with E-state index in [1.807, 2.05) is 29.0 Å². The molecule has 0 amide bonds. The van der Waals surface area contributed by atoms with Gasteiger partial charge in [0.2, 0.25) is 0 Å². The molecule has 72 valence electrons. The Morgan fingerprint density at radius 1 is 1.23 bits per heavy atom. The van der Waals surface area contributed by atoms with Crippen molar-refractivity contribution in [1.82, 2.24) is 11.0 Å². The lowest BCUT2D eigenvalue weighted by molar-refractivity contribution is -0.703. The molecule has 1 aromatic heterocycles. The topological polar surface area (TPSA) is 68.4 Å². The van der Waals surface area contributed by atoms with E-state index in [4.69, 9.17) is 10.4 Å². The lowest BCUT2D eigenvalue weighted by Crippen LogP contribution is -2.43. The predicted octanol–water partition coefficient (Wildman–Crippen LogP) is -0.568. The van der Waals surface area contributed by atoms with Gasteiger partial charge in [0.1, 0.15) is 6.54 Å². The zero-order valence-electron chi connectivity index (χ0n) is 7.27. The number of hydrogen-bond donors (Lipinski definition) is 4. The fourth-order valence-corrected chi connectivity index (χ4v) is 1.14. The standard InChI is InChI=1S/C8H14N3O2/c12-9-4-6-11-5-2-1-3-8(11)7-10-13/h1-3,5,9-10,12-13H,4,6-7H2/q+1. The van der Waals surface area contributed by atoms with Crippen molar-refractivity contribution in [2.24, 2.45) is 0 Å². The summed E-state index contributed by atoms with van der Waals surface area (Å²) in [6.45, 7) is 1.54. The minimum absolute atomic E-state index is 0.395. The zero-order chi connectivity index (χ0) is 9.52. The number of hydroxylamine groups is 2. The van der Waals surface area contributed by atoms with Crippen molar-refractivity contribution in [2.45, 2.75) is 13.1 Å². The van der Waals surface area contributed by atoms with Crippen molar-refractivity contribution in [3.05, 3.63) is 30.1 Å². The largest absolute Gasteiger partial charge is 0.317 e. The van der Waals surface area contributed by atoms with E-state index in [-0.39, 0.29) is 0 Å². The maximum Gasteiger partial charge on any atom is 0.197 e. The van der Waals surface area contributed by atoms with Crippen LogP contribution in [0.2, 0.25) is 0 Å². The molecule has 1 rings (SSSR count). The molecule has 0 bridgehead atoms. The number of aromatic nitrogens is 1. The first-order valence-corrected chi connectivity index (χ1v) is 4.09. The van der Waals surface area contributed by atoms with E-state index in [0.717, 1.165) is 5.69 Å². The summed E-state index contributed by atoms with van der Waals surface area (Å²) in [6, 6.07) is 5.70. The van der Waals surface area contributed by atoms with Gasteiger partial charge in [0.05, 0.1) is 6.54 Å². The summed E-state index contributed by atoms with van der Waals surface area (Å²) < 4.78 is 1.94. The lowest BCUT2D eigenvalue weighted by atomic mass is 10.3. The van der Waals surface area contributed by atoms with E-state index in [1.165, 1.54) is 0 Å². The highest BCUT2D eigenvalue weighted by Gasteiger charge is 2.07. The van der Waals surface area contributed by atoms with Crippen molar-refractivity contribution in [1.29, 1.82) is 0 Å². The number of nitrogens with zero attached hydrogens (tertiary/aromatic N) is 1. The summed E-state index contributed by atoms with van der Waals surface area (Å²) in [5, 5.41) is 17.0. The van der Waals surface area contributed by atoms with Gasteiger partial charge in [-0.05, 0) is 0 Å². The Morgan fingerprint density at radius 2 is 2.08 bits per heavy atom. The third-order valence-electron chi connectivity index (χ3n) is 1.76. The highest BCUT2D eigenvalue weighted by atomic mass is 16.5. The lowest BCUT2D eigenvalue weighted by Gasteiger charge is -2.01. The van der Waals surface area contributed by atoms with E-state index in [9.17, 15) is 0 Å². The second-order valence-corrected chi connectivity index (χ2v) is 2.63. The number of rotatable bonds is 5. The van der Waals surface area contributed by atoms with Crippen LogP contribution in [0.4, 0.5) is 0 Å². The molecule has 0 radical (unpaired) electrons. The van der Waals surface area contributed by atoms with Crippen molar-refractivity contribution < 1.29 is 15.0 Å². The molecule has 0 aliphatic carbocycles. The van der Waals surface area contributed by atoms with Crippen LogP contribution < -0.4 is 15.5 Å². The van der Waals surface area contributed by atoms with E-state index < -0.39 is 0 Å². The molecule has 0 fully saturated rings. The molecule has 0 aliphatic heterocycles. The van der Waals surface area contributed by atoms with Crippen molar-refractivity contribution in [3.63, 3.8) is 0 Å². The second-order valence-electron chi connectivity index (χ2n) is 2.63. The van der Waals surface area contributed by atoms with E-state index in [1.54, 1.807) is 0 Å². The van der Waals surface area contributed by atoms with Gasteiger partial charge in [-0.2, -0.15) is 15.5 Å². The molecule has 1 heterocycles. The Morgan fingerprint density at radius 3 is 2.77 bits per heavy atom. The summed E-state index contributed by atoms with van der Waals surface area (Å²) in [5.74, 6) is 0. The van der Waals surface area contributed by atoms with Crippen LogP contribution in [0.3, 0.4) is 0 Å². The smallest absolute Gasteiger partial charge is 0.197 e. The van der Waals surface area contributed by atoms with Crippen LogP contribution >= 0.6 is 0 Å². The van der Waals surface area contributed by atoms with Gasteiger partial charge in [-0.25, -0.2) is 0 Å².